The molecule has 1 fully saturated rings. The number of alkyl halides is 3. The van der Waals surface area contributed by atoms with Crippen LogP contribution in [0.25, 0.3) is 10.8 Å². The Morgan fingerprint density at radius 1 is 1.12 bits per heavy atom. The Labute approximate surface area is 239 Å². The van der Waals surface area contributed by atoms with Gasteiger partial charge in [-0.2, -0.15) is 18.3 Å². The van der Waals surface area contributed by atoms with E-state index in [0.717, 1.165) is 29.9 Å². The number of carbonyl (C=O) groups is 1. The largest absolute Gasteiger partial charge is 0.419 e. The van der Waals surface area contributed by atoms with Gasteiger partial charge in [-0.3, -0.25) is 14.7 Å². The molecule has 0 bridgehead atoms. The van der Waals surface area contributed by atoms with Crippen molar-refractivity contribution in [3.63, 3.8) is 0 Å². The van der Waals surface area contributed by atoms with E-state index in [0.29, 0.717) is 48.0 Å². The number of nitrogens with zero attached hydrogens (tertiary/aromatic N) is 4. The molecule has 2 aromatic carbocycles. The van der Waals surface area contributed by atoms with Crippen molar-refractivity contribution in [3.8, 4) is 0 Å². The van der Waals surface area contributed by atoms with E-state index in [-0.39, 0.29) is 11.1 Å². The molecular weight excluding hydrogens is 552 g/mol. The van der Waals surface area contributed by atoms with Crippen LogP contribution in [0, 0.1) is 11.7 Å². The first-order valence-corrected chi connectivity index (χ1v) is 13.4. The minimum atomic E-state index is -4.85. The second-order valence-corrected chi connectivity index (χ2v) is 10.7. The smallest absolute Gasteiger partial charge is 0.384 e. The van der Waals surface area contributed by atoms with E-state index < -0.39 is 29.5 Å². The van der Waals surface area contributed by atoms with Crippen LogP contribution in [0.4, 0.5) is 29.1 Å². The lowest BCUT2D eigenvalue weighted by atomic mass is 9.93. The van der Waals surface area contributed by atoms with Gasteiger partial charge in [-0.05, 0) is 48.2 Å². The van der Waals surface area contributed by atoms with E-state index in [9.17, 15) is 22.4 Å². The molecule has 6 rings (SSSR count). The highest BCUT2D eigenvalue weighted by atomic mass is 19.4. The van der Waals surface area contributed by atoms with Gasteiger partial charge in [0.05, 0.1) is 23.4 Å². The molecule has 0 radical (unpaired) electrons. The summed E-state index contributed by atoms with van der Waals surface area (Å²) in [6.07, 6.45) is -1.49. The Balaban J connectivity index is 1.35. The molecule has 2 N–H and O–H groups in total. The normalized spacial score (nSPS) is 17.6. The van der Waals surface area contributed by atoms with Crippen molar-refractivity contribution in [1.82, 2.24) is 19.7 Å². The molecule has 42 heavy (non-hydrogen) atoms. The number of pyridine rings is 1. The highest BCUT2D eigenvalue weighted by Crippen LogP contribution is 2.39. The Morgan fingerprint density at radius 2 is 1.93 bits per heavy atom. The molecule has 1 saturated heterocycles. The summed E-state index contributed by atoms with van der Waals surface area (Å²) < 4.78 is 61.7. The fraction of sp³-hybridized carbons (Fsp3) is 0.300. The van der Waals surface area contributed by atoms with Gasteiger partial charge in [0, 0.05) is 67.9 Å². The third-order valence-electron chi connectivity index (χ3n) is 7.60. The van der Waals surface area contributed by atoms with Crippen LogP contribution < -0.4 is 10.6 Å². The van der Waals surface area contributed by atoms with Gasteiger partial charge in [0.25, 0.3) is 5.91 Å². The van der Waals surface area contributed by atoms with Gasteiger partial charge in [-0.1, -0.05) is 12.1 Å². The number of aromatic nitrogens is 3. The van der Waals surface area contributed by atoms with E-state index in [1.54, 1.807) is 38.6 Å². The molecule has 218 valence electrons. The van der Waals surface area contributed by atoms with Crippen LogP contribution in [0.1, 0.15) is 29.8 Å². The summed E-state index contributed by atoms with van der Waals surface area (Å²) in [6.45, 7) is 4.63. The summed E-state index contributed by atoms with van der Waals surface area (Å²) in [7, 11) is 1.67. The number of carbonyl (C=O) groups excluding carboxylic acids is 1. The second kappa shape index (κ2) is 10.8. The number of ether oxygens (including phenoxy) is 1. The summed E-state index contributed by atoms with van der Waals surface area (Å²) >= 11 is 0. The lowest BCUT2D eigenvalue weighted by Gasteiger charge is -2.38. The zero-order valence-electron chi connectivity index (χ0n) is 22.9. The number of benzene rings is 2. The fourth-order valence-electron chi connectivity index (χ4n) is 5.67. The molecule has 1 unspecified atom stereocenters. The number of hydrogen-bond acceptors (Lipinski definition) is 6. The molecule has 0 spiro atoms. The summed E-state index contributed by atoms with van der Waals surface area (Å²) in [4.78, 5) is 20.1. The number of rotatable bonds is 7. The van der Waals surface area contributed by atoms with Crippen LogP contribution in [-0.2, 0) is 22.3 Å². The Kier molecular flexibility index (Phi) is 7.19. The van der Waals surface area contributed by atoms with E-state index >= 15 is 0 Å². The first-order valence-electron chi connectivity index (χ1n) is 13.4. The van der Waals surface area contributed by atoms with Gasteiger partial charge in [-0.25, -0.2) is 9.07 Å². The van der Waals surface area contributed by atoms with E-state index in [4.69, 9.17) is 9.84 Å². The summed E-state index contributed by atoms with van der Waals surface area (Å²) in [5, 5.41) is 12.6. The highest BCUT2D eigenvalue weighted by molar-refractivity contribution is 6.06. The molecule has 1 atom stereocenters. The van der Waals surface area contributed by atoms with Crippen molar-refractivity contribution in [2.45, 2.75) is 25.7 Å². The van der Waals surface area contributed by atoms with Crippen molar-refractivity contribution < 1.29 is 27.1 Å². The topological polar surface area (TPSA) is 84.3 Å². The minimum Gasteiger partial charge on any atom is -0.384 e. The number of amides is 1. The fourth-order valence-corrected chi connectivity index (χ4v) is 5.67. The van der Waals surface area contributed by atoms with E-state index in [1.165, 1.54) is 10.7 Å². The van der Waals surface area contributed by atoms with Gasteiger partial charge in [0.2, 0.25) is 0 Å². The SMILES string of the molecule is COCC1CN(Cc2cc3n(n2)C(c2ccc(C(F)(F)F)c(F)c2)C(C(=O)Nc2ccc4cnccc4c2)=C(C)N3)C1. The van der Waals surface area contributed by atoms with Gasteiger partial charge in [-0.15, -0.1) is 0 Å². The third-order valence-corrected chi connectivity index (χ3v) is 7.60. The van der Waals surface area contributed by atoms with Gasteiger partial charge in [0.15, 0.2) is 0 Å². The molecule has 2 aromatic heterocycles. The van der Waals surface area contributed by atoms with Crippen LogP contribution in [0.15, 0.2) is 72.2 Å². The molecule has 0 aliphatic carbocycles. The first-order chi connectivity index (χ1) is 20.1. The molecule has 2 aliphatic rings. The molecule has 1 amide bonds. The lowest BCUT2D eigenvalue weighted by Crippen LogP contribution is -2.47. The van der Waals surface area contributed by atoms with Crippen LogP contribution in [-0.4, -0.2) is 52.4 Å². The molecule has 2 aliphatic heterocycles. The number of hydrogen-bond donors (Lipinski definition) is 2. The number of anilines is 2. The highest BCUT2D eigenvalue weighted by Gasteiger charge is 2.38. The first kappa shape index (κ1) is 27.9. The Morgan fingerprint density at radius 3 is 2.67 bits per heavy atom. The predicted octanol–water partition coefficient (Wildman–Crippen LogP) is 5.60. The zero-order chi connectivity index (χ0) is 29.6. The van der Waals surface area contributed by atoms with Crippen LogP contribution in [0.5, 0.6) is 0 Å². The molecular formula is C30H28F4N6O2. The second-order valence-electron chi connectivity index (χ2n) is 10.7. The van der Waals surface area contributed by atoms with Crippen molar-refractivity contribution in [2.24, 2.45) is 5.92 Å². The average Bonchev–Trinajstić information content (AvgIpc) is 3.32. The van der Waals surface area contributed by atoms with Gasteiger partial charge >= 0.3 is 6.18 Å². The van der Waals surface area contributed by atoms with Gasteiger partial charge in [0.1, 0.15) is 17.7 Å². The number of likely N-dealkylation sites (tertiary alicyclic amines) is 1. The number of nitrogens with one attached hydrogen (secondary N) is 2. The number of allylic oxidation sites excluding steroid dienone is 1. The molecule has 12 heteroatoms. The van der Waals surface area contributed by atoms with Crippen LogP contribution in [0.2, 0.25) is 0 Å². The molecule has 4 aromatic rings. The van der Waals surface area contributed by atoms with Crippen molar-refractivity contribution >= 4 is 28.2 Å². The average molecular weight is 581 g/mol. The Bertz CT molecular complexity index is 1690. The molecule has 4 heterocycles. The minimum absolute atomic E-state index is 0.163. The van der Waals surface area contributed by atoms with E-state index in [2.05, 4.69) is 20.5 Å². The third kappa shape index (κ3) is 5.35. The number of methoxy groups -OCH3 is 1. The number of fused-ring (bicyclic) bond motifs is 2. The molecule has 8 nitrogen and oxygen atoms in total. The lowest BCUT2D eigenvalue weighted by molar-refractivity contribution is -0.140. The summed E-state index contributed by atoms with van der Waals surface area (Å²) in [5.41, 5.74) is 0.703. The van der Waals surface area contributed by atoms with Gasteiger partial charge < -0.3 is 15.4 Å². The van der Waals surface area contributed by atoms with Crippen molar-refractivity contribution in [1.29, 1.82) is 0 Å². The molecule has 0 saturated carbocycles. The standard InChI is InChI=1S/C30H28F4N6O2/c1-17-27(29(41)37-22-5-3-21-12-35-8-7-19(21)9-22)28(20-4-6-24(25(31)10-20)30(32,33)34)40-26(36-17)11-23(38-40)15-39-13-18(14-39)16-42-2/h3-12,18,28,36H,13-16H2,1-2H3,(H,37,41). The zero-order valence-corrected chi connectivity index (χ0v) is 22.9. The quantitative estimate of drug-likeness (QED) is 0.277. The van der Waals surface area contributed by atoms with E-state index in [1.807, 2.05) is 18.2 Å². The number of halogens is 4. The monoisotopic (exact) mass is 580 g/mol. The van der Waals surface area contributed by atoms with Crippen LogP contribution >= 0.6 is 0 Å². The van der Waals surface area contributed by atoms with Crippen molar-refractivity contribution in [3.05, 3.63) is 94.8 Å². The summed E-state index contributed by atoms with van der Waals surface area (Å²) in [5.74, 6) is -0.917. The predicted molar refractivity (Wildman–Crippen MR) is 149 cm³/mol. The van der Waals surface area contributed by atoms with Crippen LogP contribution in [0.3, 0.4) is 0 Å². The maximum Gasteiger partial charge on any atom is 0.419 e. The maximum atomic E-state index is 14.8. The Hall–Kier alpha value is -4.29. The summed E-state index contributed by atoms with van der Waals surface area (Å²) in [6, 6.07) is 10.8. The maximum absolute atomic E-state index is 14.8. The van der Waals surface area contributed by atoms with Crippen molar-refractivity contribution in [2.75, 3.05) is 37.4 Å².